The summed E-state index contributed by atoms with van der Waals surface area (Å²) >= 11 is 0. The second-order valence-corrected chi connectivity index (χ2v) is 5.61. The number of benzene rings is 1. The van der Waals surface area contributed by atoms with Crippen molar-refractivity contribution in [2.45, 2.75) is 39.7 Å². The summed E-state index contributed by atoms with van der Waals surface area (Å²) in [5.41, 5.74) is -0.382. The van der Waals surface area contributed by atoms with Gasteiger partial charge in [-0.05, 0) is 25.8 Å². The van der Waals surface area contributed by atoms with E-state index in [4.69, 9.17) is 0 Å². The molecule has 0 bridgehead atoms. The molecule has 21 heavy (non-hydrogen) atoms. The molecular formula is C15H22N2O4. The molecule has 2 atom stereocenters. The second kappa shape index (κ2) is 6.67. The summed E-state index contributed by atoms with van der Waals surface area (Å²) in [5.74, 6) is -0.396. The van der Waals surface area contributed by atoms with E-state index in [-0.39, 0.29) is 23.7 Å². The molecule has 0 aromatic heterocycles. The van der Waals surface area contributed by atoms with E-state index < -0.39 is 16.4 Å². The number of nitro benzene ring substituents is 1. The third kappa shape index (κ3) is 4.26. The lowest BCUT2D eigenvalue weighted by Gasteiger charge is -2.29. The van der Waals surface area contributed by atoms with Gasteiger partial charge in [-0.25, -0.2) is 0 Å². The molecule has 116 valence electrons. The van der Waals surface area contributed by atoms with Gasteiger partial charge >= 0.3 is 0 Å². The van der Waals surface area contributed by atoms with Crippen LogP contribution in [0.25, 0.3) is 0 Å². The van der Waals surface area contributed by atoms with E-state index in [2.05, 4.69) is 5.32 Å². The molecule has 2 unspecified atom stereocenters. The van der Waals surface area contributed by atoms with Gasteiger partial charge < -0.3 is 10.4 Å². The van der Waals surface area contributed by atoms with Gasteiger partial charge in [0, 0.05) is 23.7 Å². The molecule has 6 heteroatoms. The first-order valence-electron chi connectivity index (χ1n) is 6.94. The molecule has 0 saturated heterocycles. The lowest BCUT2D eigenvalue weighted by Crippen LogP contribution is -2.45. The van der Waals surface area contributed by atoms with Gasteiger partial charge in [0.2, 0.25) is 0 Å². The zero-order valence-electron chi connectivity index (χ0n) is 12.8. The van der Waals surface area contributed by atoms with Gasteiger partial charge in [-0.2, -0.15) is 0 Å². The van der Waals surface area contributed by atoms with Crippen LogP contribution in [0, 0.1) is 23.0 Å². The molecule has 0 aliphatic rings. The third-order valence-corrected chi connectivity index (χ3v) is 3.95. The molecule has 0 fully saturated rings. The van der Waals surface area contributed by atoms with E-state index in [1.807, 2.05) is 13.8 Å². The summed E-state index contributed by atoms with van der Waals surface area (Å²) in [5, 5.41) is 23.7. The molecule has 1 amide bonds. The molecule has 6 nitrogen and oxygen atoms in total. The van der Waals surface area contributed by atoms with Gasteiger partial charge in [-0.3, -0.25) is 14.9 Å². The van der Waals surface area contributed by atoms with Crippen molar-refractivity contribution in [2.75, 3.05) is 6.54 Å². The van der Waals surface area contributed by atoms with Crippen LogP contribution < -0.4 is 5.32 Å². The molecule has 0 heterocycles. The molecule has 0 radical (unpaired) electrons. The minimum atomic E-state index is -1.01. The molecule has 0 saturated carbocycles. The molecule has 0 aliphatic carbocycles. The lowest BCUT2D eigenvalue weighted by molar-refractivity contribution is -0.385. The van der Waals surface area contributed by atoms with Crippen molar-refractivity contribution in [3.63, 3.8) is 0 Å². The Morgan fingerprint density at radius 3 is 2.67 bits per heavy atom. The van der Waals surface area contributed by atoms with Crippen LogP contribution in [-0.2, 0) is 0 Å². The monoisotopic (exact) mass is 294 g/mol. The fourth-order valence-electron chi connectivity index (χ4n) is 1.92. The van der Waals surface area contributed by atoms with E-state index >= 15 is 0 Å². The van der Waals surface area contributed by atoms with E-state index in [1.54, 1.807) is 19.9 Å². The maximum Gasteiger partial charge on any atom is 0.273 e. The zero-order valence-corrected chi connectivity index (χ0v) is 12.8. The van der Waals surface area contributed by atoms with Crippen LogP contribution in [0.5, 0.6) is 0 Å². The maximum atomic E-state index is 12.0. The number of nitrogens with one attached hydrogen (secondary N) is 1. The molecule has 1 rings (SSSR count). The summed E-state index contributed by atoms with van der Waals surface area (Å²) in [6.07, 6.45) is 0.791. The van der Waals surface area contributed by atoms with Gasteiger partial charge in [0.15, 0.2) is 0 Å². The molecule has 1 aromatic rings. The normalized spacial score (nSPS) is 15.1. The highest BCUT2D eigenvalue weighted by Crippen LogP contribution is 2.21. The fourth-order valence-corrected chi connectivity index (χ4v) is 1.92. The average molecular weight is 294 g/mol. The van der Waals surface area contributed by atoms with Crippen LogP contribution in [0.3, 0.4) is 0 Å². The molecule has 0 aliphatic heterocycles. The molecule has 0 spiro atoms. The number of carbonyl (C=O) groups is 1. The highest BCUT2D eigenvalue weighted by atomic mass is 16.6. The largest absolute Gasteiger partial charge is 0.388 e. The Kier molecular flexibility index (Phi) is 5.43. The number of aryl methyl sites for hydroxylation is 1. The van der Waals surface area contributed by atoms with E-state index in [0.717, 1.165) is 6.42 Å². The van der Waals surface area contributed by atoms with E-state index in [1.165, 1.54) is 12.1 Å². The Morgan fingerprint density at radius 1 is 1.52 bits per heavy atom. The first-order valence-corrected chi connectivity index (χ1v) is 6.94. The number of nitrogens with zero attached hydrogens (tertiary/aromatic N) is 1. The smallest absolute Gasteiger partial charge is 0.273 e. The van der Waals surface area contributed by atoms with E-state index in [9.17, 15) is 20.0 Å². The second-order valence-electron chi connectivity index (χ2n) is 5.61. The zero-order chi connectivity index (χ0) is 16.2. The first kappa shape index (κ1) is 17.1. The number of nitro groups is 1. The van der Waals surface area contributed by atoms with Crippen molar-refractivity contribution in [2.24, 2.45) is 5.92 Å². The van der Waals surface area contributed by atoms with Gasteiger partial charge in [0.05, 0.1) is 10.5 Å². The van der Waals surface area contributed by atoms with Crippen LogP contribution in [0.2, 0.25) is 0 Å². The van der Waals surface area contributed by atoms with Gasteiger partial charge in [0.1, 0.15) is 0 Å². The Morgan fingerprint density at radius 2 is 2.14 bits per heavy atom. The van der Waals surface area contributed by atoms with Gasteiger partial charge in [0.25, 0.3) is 11.6 Å². The predicted molar refractivity (Wildman–Crippen MR) is 80.2 cm³/mol. The predicted octanol–water partition coefficient (Wildman–Crippen LogP) is 2.43. The van der Waals surface area contributed by atoms with Crippen molar-refractivity contribution in [3.05, 3.63) is 39.4 Å². The lowest BCUT2D eigenvalue weighted by atomic mass is 9.88. The van der Waals surface area contributed by atoms with Crippen LogP contribution in [-0.4, -0.2) is 28.1 Å². The number of rotatable bonds is 6. The quantitative estimate of drug-likeness (QED) is 0.622. The summed E-state index contributed by atoms with van der Waals surface area (Å²) in [6, 6.07) is 4.33. The Bertz CT molecular complexity index is 540. The Balaban J connectivity index is 2.82. The van der Waals surface area contributed by atoms with Crippen molar-refractivity contribution in [1.82, 2.24) is 5.32 Å². The molecule has 1 aromatic carbocycles. The van der Waals surface area contributed by atoms with Crippen molar-refractivity contribution in [1.29, 1.82) is 0 Å². The number of hydrogen-bond acceptors (Lipinski definition) is 4. The highest BCUT2D eigenvalue weighted by Gasteiger charge is 2.27. The number of hydrogen-bond donors (Lipinski definition) is 2. The van der Waals surface area contributed by atoms with Crippen LogP contribution >= 0.6 is 0 Å². The van der Waals surface area contributed by atoms with Crippen molar-refractivity contribution >= 4 is 11.6 Å². The number of carbonyl (C=O) groups excluding carboxylic acids is 1. The summed E-state index contributed by atoms with van der Waals surface area (Å²) in [6.45, 7) is 7.25. The van der Waals surface area contributed by atoms with Crippen LogP contribution in [0.15, 0.2) is 18.2 Å². The minimum Gasteiger partial charge on any atom is -0.388 e. The SMILES string of the molecule is CCC(C)C(C)(O)CNC(=O)c1ccc(C)c([N+](=O)[O-])c1. The summed E-state index contributed by atoms with van der Waals surface area (Å²) in [4.78, 5) is 22.4. The van der Waals surface area contributed by atoms with Crippen LogP contribution in [0.1, 0.15) is 43.1 Å². The topological polar surface area (TPSA) is 92.5 Å². The maximum absolute atomic E-state index is 12.0. The number of amides is 1. The summed E-state index contributed by atoms with van der Waals surface area (Å²) in [7, 11) is 0. The Hall–Kier alpha value is -1.95. The van der Waals surface area contributed by atoms with Crippen LogP contribution in [0.4, 0.5) is 5.69 Å². The first-order chi connectivity index (χ1) is 9.69. The third-order valence-electron chi connectivity index (χ3n) is 3.95. The average Bonchev–Trinajstić information content (AvgIpc) is 2.44. The van der Waals surface area contributed by atoms with Gasteiger partial charge in [-0.15, -0.1) is 0 Å². The number of aliphatic hydroxyl groups is 1. The fraction of sp³-hybridized carbons (Fsp3) is 0.533. The molecular weight excluding hydrogens is 272 g/mol. The van der Waals surface area contributed by atoms with Crippen molar-refractivity contribution in [3.8, 4) is 0 Å². The van der Waals surface area contributed by atoms with Crippen molar-refractivity contribution < 1.29 is 14.8 Å². The molecule has 2 N–H and O–H groups in total. The highest BCUT2D eigenvalue weighted by molar-refractivity contribution is 5.95. The van der Waals surface area contributed by atoms with E-state index in [0.29, 0.717) is 5.56 Å². The van der Waals surface area contributed by atoms with Gasteiger partial charge in [-0.1, -0.05) is 26.3 Å². The Labute approximate surface area is 124 Å². The standard InChI is InChI=1S/C15H22N2O4/c1-5-11(3)15(4,19)9-16-14(18)12-7-6-10(2)13(8-12)17(20)21/h6-8,11,19H,5,9H2,1-4H3,(H,16,18). The minimum absolute atomic E-state index is 0.0325. The summed E-state index contributed by atoms with van der Waals surface area (Å²) < 4.78 is 0.